The van der Waals surface area contributed by atoms with Crippen molar-refractivity contribution in [2.24, 2.45) is 0 Å². The Morgan fingerprint density at radius 2 is 2.11 bits per heavy atom. The summed E-state index contributed by atoms with van der Waals surface area (Å²) in [6.07, 6.45) is 0.730. The van der Waals surface area contributed by atoms with E-state index in [1.807, 2.05) is 0 Å². The number of nitrogens with one attached hydrogen (secondary N) is 2. The van der Waals surface area contributed by atoms with E-state index in [-0.39, 0.29) is 12.5 Å². The molecule has 0 fully saturated rings. The molecule has 0 aromatic heterocycles. The third-order valence-corrected chi connectivity index (χ3v) is 2.22. The van der Waals surface area contributed by atoms with Gasteiger partial charge in [0.1, 0.15) is 0 Å². The van der Waals surface area contributed by atoms with Crippen LogP contribution in [0.2, 0.25) is 0 Å². The van der Waals surface area contributed by atoms with Crippen LogP contribution in [0.5, 0.6) is 0 Å². The van der Waals surface area contributed by atoms with Gasteiger partial charge < -0.3 is 15.4 Å². The van der Waals surface area contributed by atoms with Crippen LogP contribution in [0.3, 0.4) is 0 Å². The summed E-state index contributed by atoms with van der Waals surface area (Å²) in [7, 11) is 1.59. The molecule has 0 aliphatic rings. The minimum atomic E-state index is -0.944. The van der Waals surface area contributed by atoms with Crippen molar-refractivity contribution in [3.63, 3.8) is 0 Å². The van der Waals surface area contributed by atoms with E-state index in [9.17, 15) is 13.6 Å². The van der Waals surface area contributed by atoms with Gasteiger partial charge in [-0.2, -0.15) is 0 Å². The number of anilines is 1. The van der Waals surface area contributed by atoms with Crippen LogP contribution < -0.4 is 10.6 Å². The summed E-state index contributed by atoms with van der Waals surface area (Å²) in [5.74, 6) is -2.07. The molecule has 0 saturated heterocycles. The Bertz CT molecular complexity index is 400. The Labute approximate surface area is 104 Å². The zero-order valence-corrected chi connectivity index (χ0v) is 10.1. The molecule has 2 N–H and O–H groups in total. The molecular formula is C12H16F2N2O2. The molecule has 0 aliphatic carbocycles. The van der Waals surface area contributed by atoms with Crippen molar-refractivity contribution in [3.8, 4) is 0 Å². The van der Waals surface area contributed by atoms with Crippen molar-refractivity contribution in [1.29, 1.82) is 0 Å². The van der Waals surface area contributed by atoms with Crippen molar-refractivity contribution in [1.82, 2.24) is 5.32 Å². The van der Waals surface area contributed by atoms with Gasteiger partial charge in [-0.3, -0.25) is 4.79 Å². The van der Waals surface area contributed by atoms with Crippen molar-refractivity contribution in [2.75, 3.05) is 32.1 Å². The van der Waals surface area contributed by atoms with Gasteiger partial charge in [-0.25, -0.2) is 8.78 Å². The maximum Gasteiger partial charge on any atom is 0.239 e. The van der Waals surface area contributed by atoms with Gasteiger partial charge in [0.25, 0.3) is 0 Å². The smallest absolute Gasteiger partial charge is 0.239 e. The highest BCUT2D eigenvalue weighted by Crippen LogP contribution is 2.12. The first-order valence-electron chi connectivity index (χ1n) is 5.58. The minimum absolute atomic E-state index is 0.0120. The van der Waals surface area contributed by atoms with Crippen LogP contribution in [-0.4, -0.2) is 32.7 Å². The monoisotopic (exact) mass is 258 g/mol. The summed E-state index contributed by atoms with van der Waals surface area (Å²) in [4.78, 5) is 11.3. The van der Waals surface area contributed by atoms with E-state index < -0.39 is 11.6 Å². The Balaban J connectivity index is 2.27. The summed E-state index contributed by atoms with van der Waals surface area (Å²) < 4.78 is 30.3. The third kappa shape index (κ3) is 5.09. The first-order valence-corrected chi connectivity index (χ1v) is 5.58. The second kappa shape index (κ2) is 7.60. The number of amides is 1. The second-order valence-electron chi connectivity index (χ2n) is 3.68. The Hall–Kier alpha value is -1.69. The predicted octanol–water partition coefficient (Wildman–Crippen LogP) is 1.53. The molecule has 0 radical (unpaired) electrons. The minimum Gasteiger partial charge on any atom is -0.385 e. The summed E-state index contributed by atoms with van der Waals surface area (Å²) in [6, 6.07) is 3.39. The molecule has 1 aromatic carbocycles. The molecule has 4 nitrogen and oxygen atoms in total. The van der Waals surface area contributed by atoms with Gasteiger partial charge in [0.15, 0.2) is 11.6 Å². The lowest BCUT2D eigenvalue weighted by molar-refractivity contribution is -0.119. The number of hydrogen-bond acceptors (Lipinski definition) is 3. The lowest BCUT2D eigenvalue weighted by atomic mass is 10.3. The van der Waals surface area contributed by atoms with E-state index >= 15 is 0 Å². The van der Waals surface area contributed by atoms with Crippen molar-refractivity contribution in [2.45, 2.75) is 6.42 Å². The molecule has 0 saturated carbocycles. The number of ether oxygens (including phenoxy) is 1. The van der Waals surface area contributed by atoms with Gasteiger partial charge in [0.05, 0.1) is 6.54 Å². The van der Waals surface area contributed by atoms with E-state index in [0.29, 0.717) is 18.8 Å². The van der Waals surface area contributed by atoms with Crippen LogP contribution in [0.25, 0.3) is 0 Å². The molecule has 1 rings (SSSR count). The highest BCUT2D eigenvalue weighted by Gasteiger charge is 2.04. The molecule has 1 aromatic rings. The van der Waals surface area contributed by atoms with Gasteiger partial charge in [0.2, 0.25) is 5.91 Å². The average Bonchev–Trinajstić information content (AvgIpc) is 2.36. The topological polar surface area (TPSA) is 50.4 Å². The fourth-order valence-electron chi connectivity index (χ4n) is 1.30. The normalized spacial score (nSPS) is 10.2. The number of halogens is 2. The van der Waals surface area contributed by atoms with Crippen LogP contribution in [0.15, 0.2) is 18.2 Å². The highest BCUT2D eigenvalue weighted by atomic mass is 19.2. The molecule has 0 aliphatic heterocycles. The zero-order chi connectivity index (χ0) is 13.4. The first-order chi connectivity index (χ1) is 8.63. The van der Waals surface area contributed by atoms with Crippen molar-refractivity contribution >= 4 is 11.6 Å². The maximum atomic E-state index is 12.9. The fourth-order valence-corrected chi connectivity index (χ4v) is 1.30. The van der Waals surface area contributed by atoms with E-state index in [1.165, 1.54) is 6.07 Å². The number of carbonyl (C=O) groups excluding carboxylic acids is 1. The molecule has 6 heteroatoms. The molecule has 0 heterocycles. The molecule has 0 spiro atoms. The third-order valence-electron chi connectivity index (χ3n) is 2.22. The zero-order valence-electron chi connectivity index (χ0n) is 10.1. The van der Waals surface area contributed by atoms with Crippen molar-refractivity contribution < 1.29 is 18.3 Å². The van der Waals surface area contributed by atoms with Crippen LogP contribution >= 0.6 is 0 Å². The fraction of sp³-hybridized carbons (Fsp3) is 0.417. The van der Waals surface area contributed by atoms with Crippen LogP contribution in [0.4, 0.5) is 14.5 Å². The standard InChI is InChI=1S/C12H16F2N2O2/c1-18-6-2-5-15-12(17)8-16-9-3-4-10(13)11(14)7-9/h3-4,7,16H,2,5-6,8H2,1H3,(H,15,17). The largest absolute Gasteiger partial charge is 0.385 e. The number of rotatable bonds is 7. The molecular weight excluding hydrogens is 242 g/mol. The highest BCUT2D eigenvalue weighted by molar-refractivity contribution is 5.80. The van der Waals surface area contributed by atoms with Crippen molar-refractivity contribution in [3.05, 3.63) is 29.8 Å². The van der Waals surface area contributed by atoms with Crippen LogP contribution in [-0.2, 0) is 9.53 Å². The lowest BCUT2D eigenvalue weighted by Crippen LogP contribution is -2.31. The quantitative estimate of drug-likeness (QED) is 0.729. The van der Waals surface area contributed by atoms with Gasteiger partial charge >= 0.3 is 0 Å². The predicted molar refractivity (Wildman–Crippen MR) is 64.4 cm³/mol. The van der Waals surface area contributed by atoms with E-state index in [4.69, 9.17) is 4.74 Å². The Morgan fingerprint density at radius 1 is 1.33 bits per heavy atom. The number of benzene rings is 1. The van der Waals surface area contributed by atoms with Gasteiger partial charge in [-0.1, -0.05) is 0 Å². The SMILES string of the molecule is COCCCNC(=O)CNc1ccc(F)c(F)c1. The number of hydrogen-bond donors (Lipinski definition) is 2. The molecule has 100 valence electrons. The van der Waals surface area contributed by atoms with Gasteiger partial charge in [-0.15, -0.1) is 0 Å². The average molecular weight is 258 g/mol. The number of methoxy groups -OCH3 is 1. The first kappa shape index (κ1) is 14.4. The summed E-state index contributed by atoms with van der Waals surface area (Å²) >= 11 is 0. The Morgan fingerprint density at radius 3 is 2.78 bits per heavy atom. The summed E-state index contributed by atoms with van der Waals surface area (Å²) in [5, 5.41) is 5.37. The summed E-state index contributed by atoms with van der Waals surface area (Å²) in [5.41, 5.74) is 0.362. The van der Waals surface area contributed by atoms with E-state index in [1.54, 1.807) is 7.11 Å². The molecule has 0 bridgehead atoms. The lowest BCUT2D eigenvalue weighted by Gasteiger charge is -2.07. The molecule has 0 atom stereocenters. The van der Waals surface area contributed by atoms with Gasteiger partial charge in [-0.05, 0) is 18.6 Å². The van der Waals surface area contributed by atoms with E-state index in [0.717, 1.165) is 18.6 Å². The van der Waals surface area contributed by atoms with E-state index in [2.05, 4.69) is 10.6 Å². The summed E-state index contributed by atoms with van der Waals surface area (Å²) in [6.45, 7) is 1.11. The number of carbonyl (C=O) groups is 1. The van der Waals surface area contributed by atoms with Crippen LogP contribution in [0.1, 0.15) is 6.42 Å². The second-order valence-corrected chi connectivity index (χ2v) is 3.68. The molecule has 1 amide bonds. The Kier molecular flexibility index (Phi) is 6.07. The van der Waals surface area contributed by atoms with Crippen LogP contribution in [0, 0.1) is 11.6 Å². The van der Waals surface area contributed by atoms with Gasteiger partial charge in [0, 0.05) is 32.0 Å². The molecule has 0 unspecified atom stereocenters. The molecule has 18 heavy (non-hydrogen) atoms. The maximum absolute atomic E-state index is 12.9.